The van der Waals surface area contributed by atoms with E-state index in [0.29, 0.717) is 11.1 Å². The fourth-order valence-corrected chi connectivity index (χ4v) is 2.87. The van der Waals surface area contributed by atoms with Gasteiger partial charge in [0.1, 0.15) is 0 Å². The summed E-state index contributed by atoms with van der Waals surface area (Å²) in [5.41, 5.74) is 4.64. The van der Waals surface area contributed by atoms with Crippen molar-refractivity contribution in [2.24, 2.45) is 0 Å². The Balaban J connectivity index is 2.06. The second kappa shape index (κ2) is 4.01. The number of hydrogen-bond acceptors (Lipinski definition) is 0. The lowest BCUT2D eigenvalue weighted by atomic mass is 9.76. The fourth-order valence-electron chi connectivity index (χ4n) is 2.87. The Morgan fingerprint density at radius 2 is 1.25 bits per heavy atom. The van der Waals surface area contributed by atoms with Crippen LogP contribution in [0.15, 0.2) is 60.7 Å². The maximum Gasteiger partial charge on any atom is 0.167 e. The van der Waals surface area contributed by atoms with Crippen LogP contribution in [-0.4, -0.2) is 0 Å². The average Bonchev–Trinajstić information content (AvgIpc) is 2.49. The van der Waals surface area contributed by atoms with Gasteiger partial charge >= 0.3 is 0 Å². The van der Waals surface area contributed by atoms with E-state index in [-0.39, 0.29) is 0 Å². The maximum atomic E-state index is 14.3. The Hall–Kier alpha value is -2.48. The second-order valence-corrected chi connectivity index (χ2v) is 4.88. The Bertz CT molecular complexity index is 820. The smallest absolute Gasteiger partial charge is 0.167 e. The zero-order valence-corrected chi connectivity index (χ0v) is 10.5. The molecule has 96 valence electrons. The maximum absolute atomic E-state index is 14.3. The van der Waals surface area contributed by atoms with Crippen molar-refractivity contribution in [2.75, 3.05) is 0 Å². The molecule has 20 heavy (non-hydrogen) atoms. The Morgan fingerprint density at radius 1 is 0.600 bits per heavy atom. The highest BCUT2D eigenvalue weighted by Gasteiger charge is 2.29. The van der Waals surface area contributed by atoms with E-state index < -0.39 is 11.6 Å². The van der Waals surface area contributed by atoms with Crippen molar-refractivity contribution >= 4 is 0 Å². The first-order chi connectivity index (χ1) is 9.77. The first-order valence-electron chi connectivity index (χ1n) is 6.44. The van der Waals surface area contributed by atoms with Gasteiger partial charge in [0.2, 0.25) is 0 Å². The van der Waals surface area contributed by atoms with Gasteiger partial charge in [-0.15, -0.1) is 0 Å². The lowest BCUT2D eigenvalue weighted by molar-refractivity contribution is 0.511. The second-order valence-electron chi connectivity index (χ2n) is 4.88. The van der Waals surface area contributed by atoms with Gasteiger partial charge in [0.25, 0.3) is 0 Å². The molecule has 0 bridgehead atoms. The first-order valence-corrected chi connectivity index (χ1v) is 6.44. The van der Waals surface area contributed by atoms with Gasteiger partial charge in [-0.2, -0.15) is 0 Å². The Morgan fingerprint density at radius 3 is 2.00 bits per heavy atom. The molecule has 0 atom stereocenters. The molecule has 1 aliphatic carbocycles. The van der Waals surface area contributed by atoms with Gasteiger partial charge < -0.3 is 0 Å². The largest absolute Gasteiger partial charge is 0.204 e. The van der Waals surface area contributed by atoms with Crippen LogP contribution in [0.4, 0.5) is 8.78 Å². The van der Waals surface area contributed by atoms with Crippen LogP contribution in [0.2, 0.25) is 0 Å². The molecular weight excluding hydrogens is 254 g/mol. The van der Waals surface area contributed by atoms with Crippen molar-refractivity contribution in [1.82, 2.24) is 0 Å². The summed E-state index contributed by atoms with van der Waals surface area (Å²) >= 11 is 0. The van der Waals surface area contributed by atoms with E-state index in [2.05, 4.69) is 0 Å². The quantitative estimate of drug-likeness (QED) is 0.439. The van der Waals surface area contributed by atoms with E-state index in [9.17, 15) is 8.78 Å². The lowest BCUT2D eigenvalue weighted by Crippen LogP contribution is -2.05. The van der Waals surface area contributed by atoms with Crippen LogP contribution < -0.4 is 0 Å². The van der Waals surface area contributed by atoms with Crippen LogP contribution in [0.1, 0.15) is 0 Å². The van der Waals surface area contributed by atoms with Crippen molar-refractivity contribution in [2.45, 2.75) is 0 Å². The summed E-state index contributed by atoms with van der Waals surface area (Å²) in [6.45, 7) is 0. The molecule has 0 spiro atoms. The molecule has 3 aromatic rings. The minimum Gasteiger partial charge on any atom is -0.204 e. The highest BCUT2D eigenvalue weighted by molar-refractivity contribution is 6.08. The van der Waals surface area contributed by atoms with Gasteiger partial charge in [-0.05, 0) is 28.3 Å². The number of benzene rings is 3. The standard InChI is InChI=1S/C18H10F2/c19-15-10-14-12-8-4-5-9-13(12)17(14)16(18(15)20)11-6-2-1-3-7-11/h1-10H. The van der Waals surface area contributed by atoms with Gasteiger partial charge in [0, 0.05) is 11.1 Å². The summed E-state index contributed by atoms with van der Waals surface area (Å²) in [7, 11) is 0. The van der Waals surface area contributed by atoms with Gasteiger partial charge in [-0.1, -0.05) is 54.6 Å². The number of rotatable bonds is 1. The minimum atomic E-state index is -0.794. The zero-order valence-electron chi connectivity index (χ0n) is 10.5. The van der Waals surface area contributed by atoms with Crippen molar-refractivity contribution in [1.29, 1.82) is 0 Å². The molecule has 1 aliphatic rings. The third kappa shape index (κ3) is 1.39. The van der Waals surface area contributed by atoms with Crippen LogP contribution in [0.3, 0.4) is 0 Å². The zero-order chi connectivity index (χ0) is 13.7. The van der Waals surface area contributed by atoms with Gasteiger partial charge in [-0.25, -0.2) is 8.78 Å². The molecule has 0 saturated heterocycles. The summed E-state index contributed by atoms with van der Waals surface area (Å²) in [5, 5.41) is 0. The highest BCUT2D eigenvalue weighted by atomic mass is 19.2. The van der Waals surface area contributed by atoms with Crippen molar-refractivity contribution in [3.8, 4) is 33.4 Å². The van der Waals surface area contributed by atoms with Crippen LogP contribution in [0, 0.1) is 11.6 Å². The SMILES string of the molecule is Fc1cc2c(c(-c3ccccc3)c1F)-c1ccccc1-2. The molecule has 2 heteroatoms. The third-order valence-electron chi connectivity index (χ3n) is 3.77. The van der Waals surface area contributed by atoms with E-state index in [1.807, 2.05) is 42.5 Å². The minimum absolute atomic E-state index is 0.360. The van der Waals surface area contributed by atoms with Gasteiger partial charge in [-0.3, -0.25) is 0 Å². The summed E-state index contributed by atoms with van der Waals surface area (Å²) < 4.78 is 28.1. The summed E-state index contributed by atoms with van der Waals surface area (Å²) in [5.74, 6) is -1.57. The molecule has 4 rings (SSSR count). The molecule has 0 aliphatic heterocycles. The molecular formula is C18H10F2. The number of fused-ring (bicyclic) bond motifs is 4. The molecule has 0 fully saturated rings. The van der Waals surface area contributed by atoms with E-state index in [1.165, 1.54) is 6.07 Å². The summed E-state index contributed by atoms with van der Waals surface area (Å²) in [6.07, 6.45) is 0. The normalized spacial score (nSPS) is 11.5. The molecule has 0 N–H and O–H groups in total. The van der Waals surface area contributed by atoms with Gasteiger partial charge in [0.05, 0.1) is 0 Å². The highest BCUT2D eigenvalue weighted by Crippen LogP contribution is 2.52. The van der Waals surface area contributed by atoms with Crippen molar-refractivity contribution in [3.05, 3.63) is 72.3 Å². The van der Waals surface area contributed by atoms with Crippen LogP contribution in [-0.2, 0) is 0 Å². The van der Waals surface area contributed by atoms with Crippen molar-refractivity contribution in [3.63, 3.8) is 0 Å². The summed E-state index contributed by atoms with van der Waals surface area (Å²) in [4.78, 5) is 0. The predicted molar refractivity (Wildman–Crippen MR) is 76.2 cm³/mol. The lowest BCUT2D eigenvalue weighted by Gasteiger charge is -2.27. The van der Waals surface area contributed by atoms with E-state index in [1.54, 1.807) is 12.1 Å². The Kier molecular flexibility index (Phi) is 2.27. The molecule has 0 saturated carbocycles. The third-order valence-corrected chi connectivity index (χ3v) is 3.77. The van der Waals surface area contributed by atoms with Crippen LogP contribution in [0.5, 0.6) is 0 Å². The van der Waals surface area contributed by atoms with E-state index in [0.717, 1.165) is 22.3 Å². The Labute approximate surface area is 115 Å². The molecule has 0 heterocycles. The molecule has 0 amide bonds. The van der Waals surface area contributed by atoms with Crippen LogP contribution >= 0.6 is 0 Å². The number of hydrogen-bond donors (Lipinski definition) is 0. The molecule has 0 nitrogen and oxygen atoms in total. The van der Waals surface area contributed by atoms with E-state index in [4.69, 9.17) is 0 Å². The molecule has 0 unspecified atom stereocenters. The topological polar surface area (TPSA) is 0 Å². The fraction of sp³-hybridized carbons (Fsp3) is 0. The van der Waals surface area contributed by atoms with Crippen molar-refractivity contribution < 1.29 is 8.78 Å². The summed E-state index contributed by atoms with van der Waals surface area (Å²) in [6, 6.07) is 18.1. The van der Waals surface area contributed by atoms with Gasteiger partial charge in [0.15, 0.2) is 11.6 Å². The van der Waals surface area contributed by atoms with Crippen LogP contribution in [0.25, 0.3) is 33.4 Å². The average molecular weight is 264 g/mol. The number of halogens is 2. The monoisotopic (exact) mass is 264 g/mol. The van der Waals surface area contributed by atoms with E-state index >= 15 is 0 Å². The predicted octanol–water partition coefficient (Wildman–Crippen LogP) is 5.28. The molecule has 0 aromatic heterocycles. The molecule has 3 aromatic carbocycles. The molecule has 0 radical (unpaired) electrons. The first kappa shape index (κ1) is 11.4.